The van der Waals surface area contributed by atoms with Crippen molar-refractivity contribution in [3.05, 3.63) is 51.0 Å². The van der Waals surface area contributed by atoms with Gasteiger partial charge in [-0.2, -0.15) is 0 Å². The Morgan fingerprint density at radius 3 is 2.65 bits per heavy atom. The number of nitrogens with one attached hydrogen (secondary N) is 1. The first kappa shape index (κ1) is 15.2. The average molecular weight is 288 g/mol. The first-order valence-corrected chi connectivity index (χ1v) is 8.19. The molecule has 0 amide bonds. The first-order valence-electron chi connectivity index (χ1n) is 7.31. The number of thiazole rings is 1. The van der Waals surface area contributed by atoms with Gasteiger partial charge in [-0.05, 0) is 44.9 Å². The van der Waals surface area contributed by atoms with Gasteiger partial charge in [-0.3, -0.25) is 0 Å². The molecule has 1 atom stereocenters. The van der Waals surface area contributed by atoms with Gasteiger partial charge in [0, 0.05) is 23.5 Å². The van der Waals surface area contributed by atoms with Crippen molar-refractivity contribution < 1.29 is 0 Å². The molecule has 1 N–H and O–H groups in total. The standard InChI is InChI=1S/C17H24N2S/c1-5-8-18-16(10-17-19-14(4)11-20-17)15-7-6-12(2)9-13(15)3/h6-7,9,11,16,18H,5,8,10H2,1-4H3. The van der Waals surface area contributed by atoms with E-state index in [0.717, 1.165) is 25.1 Å². The van der Waals surface area contributed by atoms with Crippen LogP contribution in [-0.4, -0.2) is 11.5 Å². The van der Waals surface area contributed by atoms with Crippen molar-refractivity contribution in [1.29, 1.82) is 0 Å². The number of benzene rings is 1. The molecule has 0 saturated heterocycles. The highest BCUT2D eigenvalue weighted by molar-refractivity contribution is 7.09. The lowest BCUT2D eigenvalue weighted by Crippen LogP contribution is -2.24. The predicted octanol–water partition coefficient (Wildman–Crippen LogP) is 4.35. The Morgan fingerprint density at radius 2 is 2.05 bits per heavy atom. The Bertz CT molecular complexity index is 560. The lowest BCUT2D eigenvalue weighted by Gasteiger charge is -2.20. The van der Waals surface area contributed by atoms with E-state index in [0.29, 0.717) is 6.04 Å². The highest BCUT2D eigenvalue weighted by Gasteiger charge is 2.15. The molecule has 2 nitrogen and oxygen atoms in total. The number of aryl methyl sites for hydroxylation is 3. The quantitative estimate of drug-likeness (QED) is 0.854. The van der Waals surface area contributed by atoms with Crippen molar-refractivity contribution >= 4 is 11.3 Å². The summed E-state index contributed by atoms with van der Waals surface area (Å²) in [6.45, 7) is 9.67. The molecule has 0 spiro atoms. The summed E-state index contributed by atoms with van der Waals surface area (Å²) in [6, 6.07) is 7.10. The van der Waals surface area contributed by atoms with E-state index in [1.807, 2.05) is 0 Å². The van der Waals surface area contributed by atoms with Gasteiger partial charge in [0.2, 0.25) is 0 Å². The maximum atomic E-state index is 4.61. The molecular formula is C17H24N2S. The zero-order valence-corrected chi connectivity index (χ0v) is 13.7. The Balaban J connectivity index is 2.22. The molecule has 108 valence electrons. The van der Waals surface area contributed by atoms with Crippen molar-refractivity contribution in [2.45, 2.75) is 46.6 Å². The Hall–Kier alpha value is -1.19. The van der Waals surface area contributed by atoms with Gasteiger partial charge in [-0.25, -0.2) is 4.98 Å². The maximum Gasteiger partial charge on any atom is 0.0947 e. The third-order valence-corrected chi connectivity index (χ3v) is 4.48. The van der Waals surface area contributed by atoms with Crippen molar-refractivity contribution in [3.8, 4) is 0 Å². The van der Waals surface area contributed by atoms with Crippen molar-refractivity contribution in [2.75, 3.05) is 6.54 Å². The van der Waals surface area contributed by atoms with Gasteiger partial charge in [0.05, 0.1) is 5.01 Å². The van der Waals surface area contributed by atoms with Crippen molar-refractivity contribution in [3.63, 3.8) is 0 Å². The second kappa shape index (κ2) is 7.00. The minimum Gasteiger partial charge on any atom is -0.310 e. The van der Waals surface area contributed by atoms with E-state index in [9.17, 15) is 0 Å². The molecule has 2 rings (SSSR count). The summed E-state index contributed by atoms with van der Waals surface area (Å²) in [5.41, 5.74) is 5.22. The first-order chi connectivity index (χ1) is 9.60. The van der Waals surface area contributed by atoms with Gasteiger partial charge < -0.3 is 5.32 Å². The Labute approximate surface area is 126 Å². The Morgan fingerprint density at radius 1 is 1.25 bits per heavy atom. The van der Waals surface area contributed by atoms with Gasteiger partial charge in [-0.15, -0.1) is 11.3 Å². The number of nitrogens with zero attached hydrogens (tertiary/aromatic N) is 1. The summed E-state index contributed by atoms with van der Waals surface area (Å²) in [6.07, 6.45) is 2.13. The molecule has 0 aliphatic rings. The third kappa shape index (κ3) is 3.90. The minimum absolute atomic E-state index is 0.362. The van der Waals surface area contributed by atoms with Crippen LogP contribution in [0.1, 0.15) is 46.8 Å². The molecule has 0 aliphatic heterocycles. The Kier molecular flexibility index (Phi) is 5.32. The van der Waals surface area contributed by atoms with Crippen LogP contribution in [0, 0.1) is 20.8 Å². The van der Waals surface area contributed by atoms with Crippen molar-refractivity contribution in [2.24, 2.45) is 0 Å². The van der Waals surface area contributed by atoms with Crippen LogP contribution >= 0.6 is 11.3 Å². The molecule has 1 unspecified atom stereocenters. The number of hydrogen-bond donors (Lipinski definition) is 1. The van der Waals surface area contributed by atoms with Crippen LogP contribution in [0.15, 0.2) is 23.6 Å². The fourth-order valence-corrected chi connectivity index (χ4v) is 3.32. The fourth-order valence-electron chi connectivity index (χ4n) is 2.50. The average Bonchev–Trinajstić information content (AvgIpc) is 2.80. The molecule has 1 heterocycles. The smallest absolute Gasteiger partial charge is 0.0947 e. The second-order valence-corrected chi connectivity index (χ2v) is 6.40. The van der Waals surface area contributed by atoms with E-state index in [1.54, 1.807) is 11.3 Å². The minimum atomic E-state index is 0.362. The monoisotopic (exact) mass is 288 g/mol. The van der Waals surface area contributed by atoms with Crippen LogP contribution in [0.5, 0.6) is 0 Å². The normalized spacial score (nSPS) is 12.6. The molecule has 0 bridgehead atoms. The van der Waals surface area contributed by atoms with Crippen LogP contribution < -0.4 is 5.32 Å². The van der Waals surface area contributed by atoms with Crippen LogP contribution in [-0.2, 0) is 6.42 Å². The molecule has 1 aromatic heterocycles. The molecule has 0 radical (unpaired) electrons. The zero-order valence-electron chi connectivity index (χ0n) is 12.9. The number of hydrogen-bond acceptors (Lipinski definition) is 3. The third-order valence-electron chi connectivity index (χ3n) is 3.49. The zero-order chi connectivity index (χ0) is 14.5. The molecule has 0 fully saturated rings. The molecule has 1 aromatic carbocycles. The highest BCUT2D eigenvalue weighted by Crippen LogP contribution is 2.24. The van der Waals surface area contributed by atoms with Gasteiger partial charge >= 0.3 is 0 Å². The summed E-state index contributed by atoms with van der Waals surface area (Å²) >= 11 is 1.76. The molecule has 0 saturated carbocycles. The van der Waals surface area contributed by atoms with Gasteiger partial charge in [0.15, 0.2) is 0 Å². The van der Waals surface area contributed by atoms with E-state index in [4.69, 9.17) is 0 Å². The van der Waals surface area contributed by atoms with Crippen LogP contribution in [0.3, 0.4) is 0 Å². The van der Waals surface area contributed by atoms with E-state index < -0.39 is 0 Å². The molecular weight excluding hydrogens is 264 g/mol. The van der Waals surface area contributed by atoms with Crippen molar-refractivity contribution in [1.82, 2.24) is 10.3 Å². The van der Waals surface area contributed by atoms with Crippen LogP contribution in [0.2, 0.25) is 0 Å². The summed E-state index contributed by atoms with van der Waals surface area (Å²) in [5.74, 6) is 0. The molecule has 20 heavy (non-hydrogen) atoms. The highest BCUT2D eigenvalue weighted by atomic mass is 32.1. The van der Waals surface area contributed by atoms with Gasteiger partial charge in [-0.1, -0.05) is 30.7 Å². The predicted molar refractivity (Wildman–Crippen MR) is 87.5 cm³/mol. The van der Waals surface area contributed by atoms with E-state index >= 15 is 0 Å². The molecule has 2 aromatic rings. The number of rotatable bonds is 6. The van der Waals surface area contributed by atoms with Crippen LogP contribution in [0.4, 0.5) is 0 Å². The lowest BCUT2D eigenvalue weighted by atomic mass is 9.97. The summed E-state index contributed by atoms with van der Waals surface area (Å²) in [4.78, 5) is 4.61. The maximum absolute atomic E-state index is 4.61. The largest absolute Gasteiger partial charge is 0.310 e. The summed E-state index contributed by atoms with van der Waals surface area (Å²) in [5, 5.41) is 7.02. The fraction of sp³-hybridized carbons (Fsp3) is 0.471. The van der Waals surface area contributed by atoms with E-state index in [1.165, 1.54) is 21.7 Å². The topological polar surface area (TPSA) is 24.9 Å². The van der Waals surface area contributed by atoms with E-state index in [-0.39, 0.29) is 0 Å². The summed E-state index contributed by atoms with van der Waals surface area (Å²) < 4.78 is 0. The van der Waals surface area contributed by atoms with Gasteiger partial charge in [0.25, 0.3) is 0 Å². The SMILES string of the molecule is CCCNC(Cc1nc(C)cs1)c1ccc(C)cc1C. The number of aromatic nitrogens is 1. The van der Waals surface area contributed by atoms with E-state index in [2.05, 4.69) is 61.6 Å². The summed E-state index contributed by atoms with van der Waals surface area (Å²) in [7, 11) is 0. The molecule has 0 aliphatic carbocycles. The lowest BCUT2D eigenvalue weighted by molar-refractivity contribution is 0.526. The van der Waals surface area contributed by atoms with Crippen LogP contribution in [0.25, 0.3) is 0 Å². The van der Waals surface area contributed by atoms with Gasteiger partial charge in [0.1, 0.15) is 0 Å². The molecule has 3 heteroatoms. The second-order valence-electron chi connectivity index (χ2n) is 5.45.